The number of aryl methyl sites for hydroxylation is 2. The van der Waals surface area contributed by atoms with E-state index in [0.717, 1.165) is 5.56 Å². The molecule has 0 aliphatic rings. The predicted octanol–water partition coefficient (Wildman–Crippen LogP) is 2.02. The van der Waals surface area contributed by atoms with E-state index in [0.29, 0.717) is 6.42 Å². The van der Waals surface area contributed by atoms with E-state index in [9.17, 15) is 4.79 Å². The summed E-state index contributed by atoms with van der Waals surface area (Å²) in [4.78, 5) is 15.1. The van der Waals surface area contributed by atoms with Crippen LogP contribution in [0.1, 0.15) is 16.7 Å². The molecule has 0 aromatic heterocycles. The van der Waals surface area contributed by atoms with Crippen molar-refractivity contribution in [1.82, 2.24) is 5.32 Å². The number of rotatable bonds is 4. The summed E-state index contributed by atoms with van der Waals surface area (Å²) in [6.45, 7) is 4.24. The molecule has 0 aliphatic carbocycles. The highest BCUT2D eigenvalue weighted by molar-refractivity contribution is 7.78. The maximum absolute atomic E-state index is 11.5. The lowest BCUT2D eigenvalue weighted by Crippen LogP contribution is -2.25. The van der Waals surface area contributed by atoms with E-state index < -0.39 is 0 Å². The Balaban J connectivity index is 2.58. The molecule has 0 aliphatic heterocycles. The van der Waals surface area contributed by atoms with E-state index in [1.165, 1.54) is 11.1 Å². The maximum Gasteiger partial charge on any atom is 0.225 e. The van der Waals surface area contributed by atoms with Gasteiger partial charge in [-0.3, -0.25) is 4.79 Å². The second-order valence-corrected chi connectivity index (χ2v) is 3.86. The van der Waals surface area contributed by atoms with Crippen LogP contribution in [0.5, 0.6) is 0 Å². The number of benzene rings is 1. The van der Waals surface area contributed by atoms with Gasteiger partial charge in [-0.2, -0.15) is 0 Å². The molecule has 1 aromatic rings. The van der Waals surface area contributed by atoms with Crippen molar-refractivity contribution in [2.24, 2.45) is 4.99 Å². The summed E-state index contributed by atoms with van der Waals surface area (Å²) in [6.07, 6.45) is 0.371. The lowest BCUT2D eigenvalue weighted by Gasteiger charge is -2.04. The molecular formula is C12H14N2OS. The van der Waals surface area contributed by atoms with E-state index in [-0.39, 0.29) is 12.6 Å². The van der Waals surface area contributed by atoms with Gasteiger partial charge >= 0.3 is 0 Å². The Hall–Kier alpha value is -1.51. The minimum Gasteiger partial charge on any atom is -0.336 e. The van der Waals surface area contributed by atoms with Crippen LogP contribution < -0.4 is 5.32 Å². The first kappa shape index (κ1) is 12.6. The van der Waals surface area contributed by atoms with Gasteiger partial charge in [0, 0.05) is 0 Å². The molecule has 0 radical (unpaired) electrons. The normalized spacial score (nSPS) is 9.38. The van der Waals surface area contributed by atoms with E-state index >= 15 is 0 Å². The fourth-order valence-electron chi connectivity index (χ4n) is 1.58. The van der Waals surface area contributed by atoms with Crippen molar-refractivity contribution in [3.8, 4) is 0 Å². The maximum atomic E-state index is 11.5. The number of hydrogen-bond acceptors (Lipinski definition) is 3. The lowest BCUT2D eigenvalue weighted by atomic mass is 10.0. The van der Waals surface area contributed by atoms with Crippen molar-refractivity contribution in [2.75, 3.05) is 6.67 Å². The van der Waals surface area contributed by atoms with E-state index in [1.54, 1.807) is 0 Å². The third-order valence-electron chi connectivity index (χ3n) is 2.07. The van der Waals surface area contributed by atoms with Gasteiger partial charge in [0.15, 0.2) is 0 Å². The van der Waals surface area contributed by atoms with Crippen molar-refractivity contribution < 1.29 is 4.79 Å². The Labute approximate surface area is 101 Å². The molecule has 0 saturated heterocycles. The van der Waals surface area contributed by atoms with Gasteiger partial charge in [-0.05, 0) is 31.6 Å². The molecule has 1 aromatic carbocycles. The second-order valence-electron chi connectivity index (χ2n) is 3.68. The first-order valence-corrected chi connectivity index (χ1v) is 5.40. The predicted molar refractivity (Wildman–Crippen MR) is 67.7 cm³/mol. The zero-order valence-electron chi connectivity index (χ0n) is 9.41. The van der Waals surface area contributed by atoms with Crippen LogP contribution in [-0.4, -0.2) is 17.7 Å². The Morgan fingerprint density at radius 1 is 1.38 bits per heavy atom. The van der Waals surface area contributed by atoms with E-state index in [2.05, 4.69) is 33.8 Å². The number of aliphatic imine (C=N–C) groups is 1. The van der Waals surface area contributed by atoms with Crippen molar-refractivity contribution in [2.45, 2.75) is 20.3 Å². The molecule has 0 fully saturated rings. The topological polar surface area (TPSA) is 41.5 Å². The fraction of sp³-hybridized carbons (Fsp3) is 0.333. The summed E-state index contributed by atoms with van der Waals surface area (Å²) in [5, 5.41) is 4.83. The van der Waals surface area contributed by atoms with Gasteiger partial charge < -0.3 is 5.32 Å². The van der Waals surface area contributed by atoms with Crippen LogP contribution in [0.2, 0.25) is 0 Å². The molecule has 1 rings (SSSR count). The summed E-state index contributed by atoms with van der Waals surface area (Å²) in [6, 6.07) is 6.10. The molecule has 1 amide bonds. The molecule has 0 atom stereocenters. The Bertz CT molecular complexity index is 416. The van der Waals surface area contributed by atoms with Crippen LogP contribution in [0, 0.1) is 13.8 Å². The number of nitrogens with one attached hydrogen (secondary N) is 1. The molecule has 0 spiro atoms. The summed E-state index contributed by atoms with van der Waals surface area (Å²) >= 11 is 4.40. The quantitative estimate of drug-likeness (QED) is 0.639. The summed E-state index contributed by atoms with van der Waals surface area (Å²) in [5.74, 6) is -0.0565. The van der Waals surface area contributed by atoms with Gasteiger partial charge in [-0.25, -0.2) is 4.99 Å². The standard InChI is InChI=1S/C12H14N2OS/c1-9-3-10(2)5-11(4-9)6-12(15)14-7-13-8-16/h3-5H,6-7H2,1-2H3,(H,14,15). The van der Waals surface area contributed by atoms with Crippen LogP contribution in [-0.2, 0) is 11.2 Å². The summed E-state index contributed by atoms with van der Waals surface area (Å²) < 4.78 is 0. The van der Waals surface area contributed by atoms with Crippen LogP contribution >= 0.6 is 12.2 Å². The van der Waals surface area contributed by atoms with Crippen molar-refractivity contribution >= 4 is 23.3 Å². The highest BCUT2D eigenvalue weighted by Gasteiger charge is 2.03. The number of carbonyl (C=O) groups is 1. The van der Waals surface area contributed by atoms with Gasteiger partial charge in [0.05, 0.1) is 11.6 Å². The summed E-state index contributed by atoms with van der Waals surface area (Å²) in [7, 11) is 0. The van der Waals surface area contributed by atoms with Gasteiger partial charge in [-0.15, -0.1) is 0 Å². The molecule has 0 saturated carbocycles. The van der Waals surface area contributed by atoms with Crippen molar-refractivity contribution in [1.29, 1.82) is 0 Å². The fourth-order valence-corrected chi connectivity index (χ4v) is 1.64. The third kappa shape index (κ3) is 4.34. The Kier molecular flexibility index (Phi) is 4.83. The van der Waals surface area contributed by atoms with E-state index in [4.69, 9.17) is 0 Å². The van der Waals surface area contributed by atoms with Gasteiger partial charge in [0.2, 0.25) is 5.91 Å². The smallest absolute Gasteiger partial charge is 0.225 e. The molecular weight excluding hydrogens is 220 g/mol. The highest BCUT2D eigenvalue weighted by atomic mass is 32.1. The van der Waals surface area contributed by atoms with Gasteiger partial charge in [-0.1, -0.05) is 29.3 Å². The Morgan fingerprint density at radius 2 is 2.00 bits per heavy atom. The molecule has 4 heteroatoms. The lowest BCUT2D eigenvalue weighted by molar-refractivity contribution is -0.120. The molecule has 3 nitrogen and oxygen atoms in total. The number of amides is 1. The monoisotopic (exact) mass is 234 g/mol. The van der Waals surface area contributed by atoms with Crippen LogP contribution in [0.15, 0.2) is 23.2 Å². The van der Waals surface area contributed by atoms with Gasteiger partial charge in [0.1, 0.15) is 6.67 Å². The van der Waals surface area contributed by atoms with Crippen LogP contribution in [0.4, 0.5) is 0 Å². The van der Waals surface area contributed by atoms with Crippen LogP contribution in [0.25, 0.3) is 0 Å². The number of hydrogen-bond donors (Lipinski definition) is 1. The third-order valence-corrected chi connectivity index (χ3v) is 2.20. The number of thiocarbonyl (C=S) groups is 1. The molecule has 0 heterocycles. The average molecular weight is 234 g/mol. The molecule has 16 heavy (non-hydrogen) atoms. The van der Waals surface area contributed by atoms with E-state index in [1.807, 2.05) is 26.0 Å². The van der Waals surface area contributed by atoms with Gasteiger partial charge in [0.25, 0.3) is 0 Å². The first-order valence-electron chi connectivity index (χ1n) is 4.99. The summed E-state index contributed by atoms with van der Waals surface area (Å²) in [5.41, 5.74) is 3.35. The SMILES string of the molecule is Cc1cc(C)cc(CC(=O)NCN=C=S)c1. The first-order chi connectivity index (χ1) is 7.61. The Morgan fingerprint density at radius 3 is 2.56 bits per heavy atom. The minimum absolute atomic E-state index is 0.0565. The molecule has 0 unspecified atom stereocenters. The molecule has 0 bridgehead atoms. The van der Waals surface area contributed by atoms with Crippen molar-refractivity contribution in [3.05, 3.63) is 34.9 Å². The number of nitrogens with zero attached hydrogens (tertiary/aromatic N) is 1. The second kappa shape index (κ2) is 6.16. The van der Waals surface area contributed by atoms with Crippen molar-refractivity contribution in [3.63, 3.8) is 0 Å². The zero-order valence-corrected chi connectivity index (χ0v) is 10.2. The number of isothiocyanates is 1. The minimum atomic E-state index is -0.0565. The zero-order chi connectivity index (χ0) is 12.0. The highest BCUT2D eigenvalue weighted by Crippen LogP contribution is 2.09. The molecule has 1 N–H and O–H groups in total. The number of carbonyl (C=O) groups excluding carboxylic acids is 1. The average Bonchev–Trinajstić information content (AvgIpc) is 2.16. The molecule has 84 valence electrons. The largest absolute Gasteiger partial charge is 0.336 e. The van der Waals surface area contributed by atoms with Crippen LogP contribution in [0.3, 0.4) is 0 Å².